The topological polar surface area (TPSA) is 28.2 Å². The Morgan fingerprint density at radius 2 is 2.03 bits per heavy atom. The van der Waals surface area contributed by atoms with Crippen LogP contribution in [-0.4, -0.2) is 56.1 Å². The van der Waals surface area contributed by atoms with Crippen molar-refractivity contribution >= 4 is 19.7 Å². The van der Waals surface area contributed by atoms with E-state index in [0.29, 0.717) is 17.7 Å². The Morgan fingerprint density at radius 1 is 1.34 bits per heavy atom. The van der Waals surface area contributed by atoms with E-state index in [-0.39, 0.29) is 18.3 Å². The summed E-state index contributed by atoms with van der Waals surface area (Å²) in [5.74, 6) is -0.207. The molecule has 0 aliphatic carbocycles. The quantitative estimate of drug-likeness (QED) is 0.301. The molecule has 1 aromatic rings. The van der Waals surface area contributed by atoms with Gasteiger partial charge >= 0.3 is 0 Å². The molecule has 0 aromatic heterocycles. The minimum absolute atomic E-state index is 0.0659. The minimum atomic E-state index is -1.07. The highest BCUT2D eigenvalue weighted by Crippen LogP contribution is 2.32. The van der Waals surface area contributed by atoms with Crippen molar-refractivity contribution in [2.75, 3.05) is 19.7 Å². The highest BCUT2D eigenvalue weighted by molar-refractivity contribution is 6.76. The van der Waals surface area contributed by atoms with E-state index in [2.05, 4.69) is 36.0 Å². The van der Waals surface area contributed by atoms with E-state index in [1.807, 2.05) is 13.0 Å². The Balaban J connectivity index is 1.48. The molecule has 2 atom stereocenters. The molecule has 162 valence electrons. The lowest BCUT2D eigenvalue weighted by Gasteiger charge is -2.39. The van der Waals surface area contributed by atoms with E-state index < -0.39 is 8.07 Å². The molecule has 2 saturated heterocycles. The van der Waals surface area contributed by atoms with E-state index in [1.54, 1.807) is 6.07 Å². The summed E-state index contributed by atoms with van der Waals surface area (Å²) < 4.78 is 25.1. The van der Waals surface area contributed by atoms with Crippen molar-refractivity contribution in [3.8, 4) is 0 Å². The smallest absolute Gasteiger partial charge is 0.199 e. The molecule has 0 bridgehead atoms. The van der Waals surface area contributed by atoms with Crippen molar-refractivity contribution in [2.45, 2.75) is 70.6 Å². The second kappa shape index (κ2) is 9.48. The van der Waals surface area contributed by atoms with Crippen LogP contribution in [0.5, 0.6) is 0 Å². The number of benzene rings is 1. The van der Waals surface area contributed by atoms with E-state index in [4.69, 9.17) is 21.1 Å². The zero-order valence-corrected chi connectivity index (χ0v) is 19.8. The van der Waals surface area contributed by atoms with E-state index >= 15 is 0 Å². The predicted molar refractivity (Wildman–Crippen MR) is 119 cm³/mol. The Hall–Kier alpha value is -0.923. The van der Waals surface area contributed by atoms with Gasteiger partial charge in [-0.3, -0.25) is 4.90 Å². The average Bonchev–Trinajstić information content (AvgIpc) is 3.39. The van der Waals surface area contributed by atoms with Gasteiger partial charge in [-0.05, 0) is 49.1 Å². The van der Waals surface area contributed by atoms with Gasteiger partial charge in [-0.2, -0.15) is 0 Å². The molecular weight excluding hydrogens is 407 g/mol. The molecule has 2 fully saturated rings. The number of halogens is 2. The van der Waals surface area contributed by atoms with Gasteiger partial charge in [-0.25, -0.2) is 4.39 Å². The van der Waals surface area contributed by atoms with Gasteiger partial charge in [0, 0.05) is 40.4 Å². The van der Waals surface area contributed by atoms with Crippen molar-refractivity contribution < 1.29 is 13.9 Å². The Bertz CT molecular complexity index is 719. The number of aryl methyl sites for hydroxylation is 1. The molecule has 7 heteroatoms. The number of ether oxygens (including phenoxy) is 2. The van der Waals surface area contributed by atoms with Gasteiger partial charge in [-0.15, -0.1) is 0 Å². The lowest BCUT2D eigenvalue weighted by atomic mass is 10.0. The number of rotatable bonds is 9. The van der Waals surface area contributed by atoms with Crippen LogP contribution >= 0.6 is 11.6 Å². The van der Waals surface area contributed by atoms with Gasteiger partial charge in [0.1, 0.15) is 5.82 Å². The summed E-state index contributed by atoms with van der Waals surface area (Å²) in [7, 11) is -1.07. The van der Waals surface area contributed by atoms with Crippen LogP contribution in [0.15, 0.2) is 29.9 Å². The summed E-state index contributed by atoms with van der Waals surface area (Å²) in [5.41, 5.74) is 2.02. The van der Waals surface area contributed by atoms with Crippen LogP contribution in [0.4, 0.5) is 4.39 Å². The average molecular weight is 441 g/mol. The normalized spacial score (nSPS) is 23.2. The zero-order chi connectivity index (χ0) is 21.2. The van der Waals surface area contributed by atoms with Crippen molar-refractivity contribution in [1.82, 2.24) is 9.80 Å². The van der Waals surface area contributed by atoms with E-state index in [9.17, 15) is 4.39 Å². The number of piperidine rings is 1. The van der Waals surface area contributed by atoms with E-state index in [0.717, 1.165) is 49.7 Å². The van der Waals surface area contributed by atoms with Crippen molar-refractivity contribution in [1.29, 1.82) is 0 Å². The molecule has 0 saturated carbocycles. The predicted octanol–water partition coefficient (Wildman–Crippen LogP) is 5.15. The molecule has 4 nitrogen and oxygen atoms in total. The molecule has 0 spiro atoms. The van der Waals surface area contributed by atoms with Crippen LogP contribution in [0.1, 0.15) is 24.0 Å². The van der Waals surface area contributed by atoms with Gasteiger partial charge in [0.05, 0.1) is 5.16 Å². The largest absolute Gasteiger partial charge is 0.355 e. The van der Waals surface area contributed by atoms with Crippen LogP contribution < -0.4 is 0 Å². The lowest BCUT2D eigenvalue weighted by molar-refractivity contribution is 0.0585. The third kappa shape index (κ3) is 6.53. The first kappa shape index (κ1) is 22.8. The SMILES string of the molecule is C=C(Cl)N(Cc1ccc(F)cc1C)C1CCN(C2OC2OCC[Si](C)(C)C)CC1. The third-order valence-electron chi connectivity index (χ3n) is 5.82. The maximum Gasteiger partial charge on any atom is 0.199 e. The fourth-order valence-corrected chi connectivity index (χ4v) is 4.77. The van der Waals surface area contributed by atoms with Crippen molar-refractivity contribution in [3.05, 3.63) is 46.9 Å². The summed E-state index contributed by atoms with van der Waals surface area (Å²) in [5, 5.41) is 0.544. The summed E-state index contributed by atoms with van der Waals surface area (Å²) in [6.45, 7) is 16.3. The molecule has 2 aliphatic heterocycles. The van der Waals surface area contributed by atoms with Gasteiger partial charge in [0.2, 0.25) is 0 Å². The molecule has 1 aromatic carbocycles. The maximum absolute atomic E-state index is 13.4. The number of likely N-dealkylation sites (tertiary alicyclic amines) is 1. The molecule has 2 unspecified atom stereocenters. The zero-order valence-electron chi connectivity index (χ0n) is 18.1. The molecule has 0 radical (unpaired) electrons. The molecule has 0 amide bonds. The molecule has 0 N–H and O–H groups in total. The van der Waals surface area contributed by atoms with Gasteiger partial charge in [0.15, 0.2) is 12.5 Å². The molecule has 2 heterocycles. The summed E-state index contributed by atoms with van der Waals surface area (Å²) >= 11 is 6.34. The fraction of sp³-hybridized carbons (Fsp3) is 0.636. The first-order valence-electron chi connectivity index (χ1n) is 10.5. The van der Waals surface area contributed by atoms with Crippen molar-refractivity contribution in [2.24, 2.45) is 0 Å². The van der Waals surface area contributed by atoms with Gasteiger partial charge in [-0.1, -0.05) is 43.9 Å². The minimum Gasteiger partial charge on any atom is -0.355 e. The van der Waals surface area contributed by atoms with Crippen LogP contribution in [0, 0.1) is 12.7 Å². The molecule has 2 aliphatic rings. The highest BCUT2D eigenvalue weighted by atomic mass is 35.5. The Labute approximate surface area is 180 Å². The number of nitrogens with zero attached hydrogens (tertiary/aromatic N) is 2. The second-order valence-electron chi connectivity index (χ2n) is 9.42. The lowest BCUT2D eigenvalue weighted by Crippen LogP contribution is -2.45. The Morgan fingerprint density at radius 3 is 2.62 bits per heavy atom. The standard InChI is InChI=1S/C22H34ClFN2O2Si/c1-16-14-19(24)7-6-18(16)15-26(17(2)23)20-8-10-25(11-9-20)21-22(28-21)27-12-13-29(3,4)5/h6-7,14,20-22H,2,8-13,15H2,1,3-5H3. The number of hydrogen-bond acceptors (Lipinski definition) is 4. The molecular formula is C22H34ClFN2O2Si. The highest BCUT2D eigenvalue weighted by Gasteiger charge is 2.46. The number of hydrogen-bond donors (Lipinski definition) is 0. The summed E-state index contributed by atoms with van der Waals surface area (Å²) in [6.07, 6.45) is 2.02. The molecule has 29 heavy (non-hydrogen) atoms. The first-order valence-corrected chi connectivity index (χ1v) is 14.6. The monoisotopic (exact) mass is 440 g/mol. The van der Waals surface area contributed by atoms with E-state index in [1.165, 1.54) is 6.07 Å². The summed E-state index contributed by atoms with van der Waals surface area (Å²) in [4.78, 5) is 4.52. The maximum atomic E-state index is 13.4. The van der Waals surface area contributed by atoms with Crippen LogP contribution in [-0.2, 0) is 16.0 Å². The summed E-state index contributed by atoms with van der Waals surface area (Å²) in [6, 6.07) is 6.41. The molecule has 3 rings (SSSR count). The number of epoxide rings is 1. The van der Waals surface area contributed by atoms with Gasteiger partial charge in [0.25, 0.3) is 0 Å². The third-order valence-corrected chi connectivity index (χ3v) is 7.74. The second-order valence-corrected chi connectivity index (χ2v) is 15.5. The van der Waals surface area contributed by atoms with Crippen LogP contribution in [0.2, 0.25) is 25.7 Å². The van der Waals surface area contributed by atoms with Crippen molar-refractivity contribution in [3.63, 3.8) is 0 Å². The van der Waals surface area contributed by atoms with Gasteiger partial charge < -0.3 is 14.4 Å². The first-order chi connectivity index (χ1) is 13.6. The van der Waals surface area contributed by atoms with Crippen LogP contribution in [0.25, 0.3) is 0 Å². The fourth-order valence-electron chi connectivity index (χ4n) is 3.84. The van der Waals surface area contributed by atoms with Crippen LogP contribution in [0.3, 0.4) is 0 Å². The Kier molecular flexibility index (Phi) is 7.44.